The number of carboxylic acids is 1. The van der Waals surface area contributed by atoms with Gasteiger partial charge in [0.05, 0.1) is 6.04 Å². The summed E-state index contributed by atoms with van der Waals surface area (Å²) in [6.07, 6.45) is 0.421. The predicted octanol–water partition coefficient (Wildman–Crippen LogP) is -0.935. The fourth-order valence-electron chi connectivity index (χ4n) is 1.29. The van der Waals surface area contributed by atoms with Crippen molar-refractivity contribution in [2.45, 2.75) is 39.3 Å². The van der Waals surface area contributed by atoms with Crippen molar-refractivity contribution < 1.29 is 19.5 Å². The molecule has 2 amide bonds. The van der Waals surface area contributed by atoms with E-state index < -0.39 is 36.4 Å². The molecule has 0 aromatic carbocycles. The topological polar surface area (TPSA) is 122 Å². The maximum absolute atomic E-state index is 11.7. The van der Waals surface area contributed by atoms with Crippen LogP contribution in [0.4, 0.5) is 0 Å². The van der Waals surface area contributed by atoms with Crippen LogP contribution in [0.2, 0.25) is 0 Å². The van der Waals surface area contributed by atoms with Gasteiger partial charge in [-0.15, -0.1) is 0 Å². The van der Waals surface area contributed by atoms with E-state index in [0.717, 1.165) is 0 Å². The van der Waals surface area contributed by atoms with Crippen molar-refractivity contribution in [3.05, 3.63) is 0 Å². The molecule has 0 spiro atoms. The Kier molecular flexibility index (Phi) is 6.96. The van der Waals surface area contributed by atoms with Crippen molar-refractivity contribution in [3.8, 4) is 0 Å². The molecule has 2 atom stereocenters. The van der Waals surface area contributed by atoms with Gasteiger partial charge in [0, 0.05) is 0 Å². The van der Waals surface area contributed by atoms with Crippen LogP contribution in [0.5, 0.6) is 0 Å². The molecule has 0 unspecified atom stereocenters. The number of hydrogen-bond donors (Lipinski definition) is 4. The van der Waals surface area contributed by atoms with E-state index in [1.54, 1.807) is 0 Å². The first-order chi connectivity index (χ1) is 8.23. The molecule has 0 bridgehead atoms. The maximum atomic E-state index is 11.7. The Labute approximate surface area is 106 Å². The van der Waals surface area contributed by atoms with E-state index in [1.165, 1.54) is 6.92 Å². The summed E-state index contributed by atoms with van der Waals surface area (Å²) in [5.41, 5.74) is 5.40. The highest BCUT2D eigenvalue weighted by atomic mass is 16.4. The van der Waals surface area contributed by atoms with Crippen molar-refractivity contribution in [2.75, 3.05) is 6.54 Å². The summed E-state index contributed by atoms with van der Waals surface area (Å²) in [5, 5.41) is 13.2. The number of nitrogens with one attached hydrogen (secondary N) is 2. The summed E-state index contributed by atoms with van der Waals surface area (Å²) in [6.45, 7) is 4.84. The van der Waals surface area contributed by atoms with Gasteiger partial charge in [0.25, 0.3) is 0 Å². The summed E-state index contributed by atoms with van der Waals surface area (Å²) < 4.78 is 0. The van der Waals surface area contributed by atoms with Gasteiger partial charge >= 0.3 is 5.97 Å². The minimum atomic E-state index is -1.13. The van der Waals surface area contributed by atoms with Gasteiger partial charge in [0.15, 0.2) is 0 Å². The Morgan fingerprint density at radius 3 is 2.11 bits per heavy atom. The zero-order valence-corrected chi connectivity index (χ0v) is 10.9. The molecule has 0 aliphatic carbocycles. The average molecular weight is 259 g/mol. The molecule has 0 fully saturated rings. The second-order valence-corrected chi connectivity index (χ2v) is 4.59. The fraction of sp³-hybridized carbons (Fsp3) is 0.727. The number of nitrogens with two attached hydrogens (primary N) is 1. The van der Waals surface area contributed by atoms with Crippen molar-refractivity contribution in [1.29, 1.82) is 0 Å². The Morgan fingerprint density at radius 2 is 1.72 bits per heavy atom. The average Bonchev–Trinajstić information content (AvgIpc) is 2.23. The second-order valence-electron chi connectivity index (χ2n) is 4.59. The third-order valence-electron chi connectivity index (χ3n) is 2.17. The Balaban J connectivity index is 4.51. The second kappa shape index (κ2) is 7.65. The number of hydrogen-bond acceptors (Lipinski definition) is 4. The van der Waals surface area contributed by atoms with Crippen LogP contribution in [0.1, 0.15) is 27.2 Å². The van der Waals surface area contributed by atoms with Crippen LogP contribution < -0.4 is 16.4 Å². The highest BCUT2D eigenvalue weighted by Gasteiger charge is 2.23. The molecular weight excluding hydrogens is 238 g/mol. The minimum Gasteiger partial charge on any atom is -0.480 e. The lowest BCUT2D eigenvalue weighted by molar-refractivity contribution is -0.138. The van der Waals surface area contributed by atoms with Crippen LogP contribution in [0.25, 0.3) is 0 Å². The normalized spacial score (nSPS) is 13.8. The first kappa shape index (κ1) is 16.4. The van der Waals surface area contributed by atoms with Crippen LogP contribution in [0, 0.1) is 5.92 Å². The van der Waals surface area contributed by atoms with Crippen molar-refractivity contribution in [2.24, 2.45) is 11.7 Å². The van der Waals surface area contributed by atoms with Gasteiger partial charge in [-0.3, -0.25) is 14.4 Å². The molecule has 0 aliphatic rings. The third-order valence-corrected chi connectivity index (χ3v) is 2.17. The van der Waals surface area contributed by atoms with E-state index >= 15 is 0 Å². The van der Waals surface area contributed by atoms with Gasteiger partial charge < -0.3 is 21.5 Å². The number of carboxylic acid groups (broad SMARTS) is 1. The first-order valence-corrected chi connectivity index (χ1v) is 5.79. The molecule has 7 heteroatoms. The molecule has 5 N–H and O–H groups in total. The lowest BCUT2D eigenvalue weighted by Crippen LogP contribution is -2.52. The summed E-state index contributed by atoms with van der Waals surface area (Å²) in [4.78, 5) is 33.5. The number of rotatable bonds is 7. The molecule has 0 radical (unpaired) electrons. The fourth-order valence-corrected chi connectivity index (χ4v) is 1.29. The Bertz CT molecular complexity index is 315. The monoisotopic (exact) mass is 259 g/mol. The third kappa shape index (κ3) is 6.85. The summed E-state index contributed by atoms with van der Waals surface area (Å²) in [7, 11) is 0. The minimum absolute atomic E-state index is 0.180. The van der Waals surface area contributed by atoms with E-state index in [2.05, 4.69) is 10.6 Å². The smallest absolute Gasteiger partial charge is 0.322 e. The largest absolute Gasteiger partial charge is 0.480 e. The van der Waals surface area contributed by atoms with Crippen LogP contribution in [0.3, 0.4) is 0 Å². The standard InChI is InChI=1S/C11H21N3O4/c1-6(2)4-8(14-10(17)7(3)12)11(18)13-5-9(15)16/h6-8H,4-5,12H2,1-3H3,(H,13,18)(H,14,17)(H,15,16)/t7-,8-/m0/s1. The molecule has 0 rings (SSSR count). The van der Waals surface area contributed by atoms with Crippen LogP contribution in [-0.4, -0.2) is 41.5 Å². The number of carbonyl (C=O) groups is 3. The molecule has 0 aliphatic heterocycles. The van der Waals surface area contributed by atoms with E-state index in [1.807, 2.05) is 13.8 Å². The highest BCUT2D eigenvalue weighted by molar-refractivity contribution is 5.90. The van der Waals surface area contributed by atoms with Crippen LogP contribution in [0.15, 0.2) is 0 Å². The van der Waals surface area contributed by atoms with Gasteiger partial charge in [-0.25, -0.2) is 0 Å². The Morgan fingerprint density at radius 1 is 1.17 bits per heavy atom. The van der Waals surface area contributed by atoms with Gasteiger partial charge in [0.1, 0.15) is 12.6 Å². The molecule has 0 heterocycles. The quantitative estimate of drug-likeness (QED) is 0.470. The molecular formula is C11H21N3O4. The zero-order chi connectivity index (χ0) is 14.3. The molecule has 0 aromatic heterocycles. The molecule has 7 nitrogen and oxygen atoms in total. The lowest BCUT2D eigenvalue weighted by atomic mass is 10.0. The number of aliphatic carboxylic acids is 1. The number of amides is 2. The van der Waals surface area contributed by atoms with E-state index in [4.69, 9.17) is 10.8 Å². The Hall–Kier alpha value is -1.63. The summed E-state index contributed by atoms with van der Waals surface area (Å²) in [5.74, 6) is -1.91. The van der Waals surface area contributed by atoms with Crippen LogP contribution in [-0.2, 0) is 14.4 Å². The lowest BCUT2D eigenvalue weighted by Gasteiger charge is -2.20. The molecule has 0 saturated heterocycles. The first-order valence-electron chi connectivity index (χ1n) is 5.79. The maximum Gasteiger partial charge on any atom is 0.322 e. The summed E-state index contributed by atoms with van der Waals surface area (Å²) in [6, 6.07) is -1.48. The summed E-state index contributed by atoms with van der Waals surface area (Å²) >= 11 is 0. The zero-order valence-electron chi connectivity index (χ0n) is 10.9. The van der Waals surface area contributed by atoms with E-state index in [0.29, 0.717) is 6.42 Å². The van der Waals surface area contributed by atoms with Gasteiger partial charge in [-0.05, 0) is 19.3 Å². The van der Waals surface area contributed by atoms with E-state index in [-0.39, 0.29) is 5.92 Å². The predicted molar refractivity (Wildman–Crippen MR) is 65.7 cm³/mol. The van der Waals surface area contributed by atoms with Gasteiger partial charge in [-0.1, -0.05) is 13.8 Å². The molecule has 104 valence electrons. The van der Waals surface area contributed by atoms with E-state index in [9.17, 15) is 14.4 Å². The molecule has 0 aromatic rings. The SMILES string of the molecule is CC(C)C[C@H](NC(=O)[C@H](C)N)C(=O)NCC(=O)O. The number of carbonyl (C=O) groups excluding carboxylic acids is 2. The molecule has 0 saturated carbocycles. The molecule has 18 heavy (non-hydrogen) atoms. The van der Waals surface area contributed by atoms with Crippen molar-refractivity contribution in [3.63, 3.8) is 0 Å². The van der Waals surface area contributed by atoms with Gasteiger partial charge in [-0.2, -0.15) is 0 Å². The highest BCUT2D eigenvalue weighted by Crippen LogP contribution is 2.05. The van der Waals surface area contributed by atoms with Crippen molar-refractivity contribution >= 4 is 17.8 Å². The van der Waals surface area contributed by atoms with Gasteiger partial charge in [0.2, 0.25) is 11.8 Å². The van der Waals surface area contributed by atoms with Crippen LogP contribution >= 0.6 is 0 Å². The van der Waals surface area contributed by atoms with Crippen molar-refractivity contribution in [1.82, 2.24) is 10.6 Å².